The minimum absolute atomic E-state index is 0.0965. The summed E-state index contributed by atoms with van der Waals surface area (Å²) in [6, 6.07) is 5.24. The Hall–Kier alpha value is -1.30. The fourth-order valence-corrected chi connectivity index (χ4v) is 1.95. The maximum atomic E-state index is 6.09. The molecule has 0 saturated carbocycles. The van der Waals surface area contributed by atoms with Gasteiger partial charge in [-0.2, -0.15) is 15.0 Å². The Balaban J connectivity index is 2.24. The van der Waals surface area contributed by atoms with E-state index in [1.54, 1.807) is 18.2 Å². The Bertz CT molecular complexity index is 606. The zero-order valence-electron chi connectivity index (χ0n) is 10.6. The summed E-state index contributed by atoms with van der Waals surface area (Å²) in [7, 11) is 0. The number of hydrogen-bond acceptors (Lipinski definition) is 5. The quantitative estimate of drug-likeness (QED) is 0.850. The summed E-state index contributed by atoms with van der Waals surface area (Å²) in [5.41, 5.74) is 0.600. The van der Waals surface area contributed by atoms with E-state index in [4.69, 9.17) is 34.8 Å². The summed E-state index contributed by atoms with van der Waals surface area (Å²) in [5, 5.41) is 6.95. The number of nitrogens with one attached hydrogen (secondary N) is 2. The Morgan fingerprint density at radius 1 is 1.05 bits per heavy atom. The molecule has 5 nitrogen and oxygen atoms in total. The topological polar surface area (TPSA) is 62.7 Å². The van der Waals surface area contributed by atoms with E-state index in [0.717, 1.165) is 13.0 Å². The normalized spacial score (nSPS) is 10.4. The molecule has 0 unspecified atom stereocenters. The van der Waals surface area contributed by atoms with E-state index >= 15 is 0 Å². The van der Waals surface area contributed by atoms with Gasteiger partial charge in [0.05, 0.1) is 15.7 Å². The van der Waals surface area contributed by atoms with Crippen LogP contribution in [0.15, 0.2) is 18.2 Å². The zero-order valence-corrected chi connectivity index (χ0v) is 12.9. The van der Waals surface area contributed by atoms with E-state index in [1.807, 2.05) is 6.92 Å². The van der Waals surface area contributed by atoms with Crippen molar-refractivity contribution in [3.63, 3.8) is 0 Å². The van der Waals surface area contributed by atoms with Crippen molar-refractivity contribution in [3.8, 4) is 0 Å². The van der Waals surface area contributed by atoms with E-state index < -0.39 is 0 Å². The summed E-state index contributed by atoms with van der Waals surface area (Å²) in [6.07, 6.45) is 0.951. The highest BCUT2D eigenvalue weighted by Gasteiger charge is 2.08. The lowest BCUT2D eigenvalue weighted by atomic mass is 10.3. The van der Waals surface area contributed by atoms with Crippen LogP contribution in [0.4, 0.5) is 17.6 Å². The third-order valence-electron chi connectivity index (χ3n) is 2.34. The van der Waals surface area contributed by atoms with E-state index in [9.17, 15) is 0 Å². The Kier molecular flexibility index (Phi) is 5.23. The van der Waals surface area contributed by atoms with Gasteiger partial charge >= 0.3 is 0 Å². The number of aromatic nitrogens is 3. The number of nitrogens with zero attached hydrogens (tertiary/aromatic N) is 3. The van der Waals surface area contributed by atoms with Crippen LogP contribution < -0.4 is 10.6 Å². The van der Waals surface area contributed by atoms with E-state index in [-0.39, 0.29) is 5.28 Å². The van der Waals surface area contributed by atoms with Crippen molar-refractivity contribution in [2.45, 2.75) is 13.3 Å². The van der Waals surface area contributed by atoms with Gasteiger partial charge < -0.3 is 10.6 Å². The molecule has 0 fully saturated rings. The third kappa shape index (κ3) is 3.85. The molecular weight excluding hydrogens is 321 g/mol. The molecule has 2 rings (SSSR count). The number of halogens is 3. The van der Waals surface area contributed by atoms with Crippen LogP contribution in [0.25, 0.3) is 0 Å². The molecule has 0 atom stereocenters. The molecular formula is C12H12Cl3N5. The van der Waals surface area contributed by atoms with Crippen LogP contribution in [0.1, 0.15) is 13.3 Å². The molecule has 0 bridgehead atoms. The molecule has 0 saturated heterocycles. The van der Waals surface area contributed by atoms with Crippen molar-refractivity contribution in [2.75, 3.05) is 17.2 Å². The zero-order chi connectivity index (χ0) is 14.5. The molecule has 20 heavy (non-hydrogen) atoms. The summed E-state index contributed by atoms with van der Waals surface area (Å²) in [5.74, 6) is 0.709. The molecule has 106 valence electrons. The van der Waals surface area contributed by atoms with Crippen molar-refractivity contribution in [1.82, 2.24) is 15.0 Å². The van der Waals surface area contributed by atoms with Gasteiger partial charge in [-0.1, -0.05) is 36.2 Å². The molecule has 1 heterocycles. The predicted octanol–water partition coefficient (Wildman–Crippen LogP) is 4.40. The molecule has 0 aliphatic rings. The molecule has 0 radical (unpaired) electrons. The van der Waals surface area contributed by atoms with Crippen LogP contribution in [-0.4, -0.2) is 21.5 Å². The van der Waals surface area contributed by atoms with Gasteiger partial charge in [0.15, 0.2) is 0 Å². The second kappa shape index (κ2) is 6.92. The second-order valence-electron chi connectivity index (χ2n) is 3.90. The van der Waals surface area contributed by atoms with Gasteiger partial charge in [-0.15, -0.1) is 0 Å². The van der Waals surface area contributed by atoms with Gasteiger partial charge in [0.2, 0.25) is 17.2 Å². The van der Waals surface area contributed by atoms with Crippen molar-refractivity contribution in [1.29, 1.82) is 0 Å². The van der Waals surface area contributed by atoms with E-state index in [1.165, 1.54) is 0 Å². The first-order chi connectivity index (χ1) is 9.60. The van der Waals surface area contributed by atoms with Crippen LogP contribution in [0.2, 0.25) is 15.3 Å². The van der Waals surface area contributed by atoms with Crippen molar-refractivity contribution in [2.24, 2.45) is 0 Å². The number of anilines is 3. The SMILES string of the molecule is CCCNc1nc(Cl)nc(Nc2cccc(Cl)c2Cl)n1. The third-order valence-corrected chi connectivity index (χ3v) is 3.33. The van der Waals surface area contributed by atoms with E-state index in [0.29, 0.717) is 27.6 Å². The fraction of sp³-hybridized carbons (Fsp3) is 0.250. The molecule has 8 heteroatoms. The van der Waals surface area contributed by atoms with Gasteiger partial charge in [-0.05, 0) is 30.2 Å². The highest BCUT2D eigenvalue weighted by Crippen LogP contribution is 2.31. The maximum absolute atomic E-state index is 6.09. The lowest BCUT2D eigenvalue weighted by Gasteiger charge is -2.09. The summed E-state index contributed by atoms with van der Waals surface area (Å²) >= 11 is 17.9. The van der Waals surface area contributed by atoms with Crippen molar-refractivity contribution < 1.29 is 0 Å². The highest BCUT2D eigenvalue weighted by atomic mass is 35.5. The van der Waals surface area contributed by atoms with Gasteiger partial charge in [-0.3, -0.25) is 0 Å². The first-order valence-electron chi connectivity index (χ1n) is 5.96. The minimum atomic E-state index is 0.0965. The van der Waals surface area contributed by atoms with Crippen LogP contribution in [0, 0.1) is 0 Å². The van der Waals surface area contributed by atoms with Gasteiger partial charge in [-0.25, -0.2) is 0 Å². The molecule has 0 aliphatic heterocycles. The molecule has 2 aromatic rings. The summed E-state index contributed by atoms with van der Waals surface area (Å²) in [4.78, 5) is 12.2. The van der Waals surface area contributed by atoms with Gasteiger partial charge in [0.1, 0.15) is 0 Å². The standard InChI is InChI=1S/C12H12Cl3N5/c1-2-6-16-11-18-10(15)19-12(20-11)17-8-5-3-4-7(13)9(8)14/h3-5H,2,6H2,1H3,(H2,16,17,18,19,20). The average molecular weight is 333 g/mol. The van der Waals surface area contributed by atoms with Crippen LogP contribution in [-0.2, 0) is 0 Å². The first kappa shape index (κ1) is 15.1. The van der Waals surface area contributed by atoms with Crippen LogP contribution >= 0.6 is 34.8 Å². The Morgan fingerprint density at radius 2 is 1.80 bits per heavy atom. The number of benzene rings is 1. The van der Waals surface area contributed by atoms with Crippen molar-refractivity contribution in [3.05, 3.63) is 33.5 Å². The highest BCUT2D eigenvalue weighted by molar-refractivity contribution is 6.43. The fourth-order valence-electron chi connectivity index (χ4n) is 1.44. The maximum Gasteiger partial charge on any atom is 0.233 e. The van der Waals surface area contributed by atoms with Gasteiger partial charge in [0.25, 0.3) is 0 Å². The lowest BCUT2D eigenvalue weighted by Crippen LogP contribution is -2.08. The molecule has 2 N–H and O–H groups in total. The smallest absolute Gasteiger partial charge is 0.233 e. The molecule has 0 spiro atoms. The van der Waals surface area contributed by atoms with Crippen LogP contribution in [0.5, 0.6) is 0 Å². The molecule has 1 aromatic carbocycles. The predicted molar refractivity (Wildman–Crippen MR) is 83.4 cm³/mol. The van der Waals surface area contributed by atoms with Gasteiger partial charge in [0, 0.05) is 6.54 Å². The summed E-state index contributed by atoms with van der Waals surface area (Å²) in [6.45, 7) is 2.79. The Labute approximate surface area is 131 Å². The molecule has 1 aromatic heterocycles. The average Bonchev–Trinajstić information content (AvgIpc) is 2.41. The lowest BCUT2D eigenvalue weighted by molar-refractivity contribution is 0.940. The monoisotopic (exact) mass is 331 g/mol. The molecule has 0 aliphatic carbocycles. The largest absolute Gasteiger partial charge is 0.354 e. The van der Waals surface area contributed by atoms with Crippen LogP contribution in [0.3, 0.4) is 0 Å². The Morgan fingerprint density at radius 3 is 2.55 bits per heavy atom. The second-order valence-corrected chi connectivity index (χ2v) is 5.03. The van der Waals surface area contributed by atoms with E-state index in [2.05, 4.69) is 25.6 Å². The molecule has 0 amide bonds. The number of hydrogen-bond donors (Lipinski definition) is 2. The first-order valence-corrected chi connectivity index (χ1v) is 7.10. The van der Waals surface area contributed by atoms with Crippen molar-refractivity contribution >= 4 is 52.4 Å². The number of rotatable bonds is 5. The minimum Gasteiger partial charge on any atom is -0.354 e. The summed E-state index contributed by atoms with van der Waals surface area (Å²) < 4.78 is 0.